The molecule has 2 aromatic carbocycles. The number of halogens is 1. The van der Waals surface area contributed by atoms with Gasteiger partial charge in [-0.1, -0.05) is 42.5 Å². The minimum Gasteiger partial charge on any atom is -0.302 e. The van der Waals surface area contributed by atoms with Gasteiger partial charge in [0.05, 0.1) is 5.56 Å². The molecular weight excluding hydrogens is 401 g/mol. The van der Waals surface area contributed by atoms with Crippen LogP contribution in [0.15, 0.2) is 76.9 Å². The summed E-state index contributed by atoms with van der Waals surface area (Å²) in [5.74, 6) is 0.787. The van der Waals surface area contributed by atoms with Crippen molar-refractivity contribution in [1.29, 1.82) is 0 Å². The molecule has 5 rings (SSSR count). The molecule has 0 N–H and O–H groups in total. The Kier molecular flexibility index (Phi) is 4.72. The number of hydrogen-bond acceptors (Lipinski definition) is 6. The molecule has 0 amide bonds. The molecule has 0 saturated heterocycles. The first-order valence-electron chi connectivity index (χ1n) is 9.38. The van der Waals surface area contributed by atoms with Crippen molar-refractivity contribution in [2.75, 3.05) is 0 Å². The Labute approximate surface area is 175 Å². The second-order valence-corrected chi connectivity index (χ2v) is 7.45. The molecule has 0 aliphatic rings. The summed E-state index contributed by atoms with van der Waals surface area (Å²) in [6.07, 6.45) is 0. The Hall–Kier alpha value is -3.59. The van der Waals surface area contributed by atoms with Crippen LogP contribution in [0.5, 0.6) is 0 Å². The van der Waals surface area contributed by atoms with Crippen LogP contribution < -0.4 is 0 Å². The lowest BCUT2D eigenvalue weighted by Gasteiger charge is -2.07. The quantitative estimate of drug-likeness (QED) is 0.423. The first kappa shape index (κ1) is 18.4. The Morgan fingerprint density at radius 3 is 2.40 bits per heavy atom. The van der Waals surface area contributed by atoms with E-state index < -0.39 is 0 Å². The Balaban J connectivity index is 1.53. The average Bonchev–Trinajstić information content (AvgIpc) is 3.38. The number of aromatic nitrogens is 7. The summed E-state index contributed by atoms with van der Waals surface area (Å²) in [4.78, 5) is 0. The highest BCUT2D eigenvalue weighted by atomic mass is 32.2. The van der Waals surface area contributed by atoms with Crippen molar-refractivity contribution < 1.29 is 4.39 Å². The predicted octanol–water partition coefficient (Wildman–Crippen LogP) is 4.36. The van der Waals surface area contributed by atoms with E-state index in [-0.39, 0.29) is 5.82 Å². The second-order valence-electron chi connectivity index (χ2n) is 6.46. The molecule has 0 fully saturated rings. The van der Waals surface area contributed by atoms with Crippen molar-refractivity contribution in [2.45, 2.75) is 23.7 Å². The fourth-order valence-electron chi connectivity index (χ4n) is 3.18. The van der Waals surface area contributed by atoms with Gasteiger partial charge in [0.15, 0.2) is 22.5 Å². The fourth-order valence-corrected chi connectivity index (χ4v) is 4.03. The molecule has 0 aliphatic heterocycles. The molecule has 7 nitrogen and oxygen atoms in total. The summed E-state index contributed by atoms with van der Waals surface area (Å²) in [6.45, 7) is 2.77. The van der Waals surface area contributed by atoms with Crippen LogP contribution >= 0.6 is 11.8 Å². The summed E-state index contributed by atoms with van der Waals surface area (Å²) in [7, 11) is 0. The summed E-state index contributed by atoms with van der Waals surface area (Å²) in [5.41, 5.74) is 1.89. The van der Waals surface area contributed by atoms with Gasteiger partial charge in [-0.3, -0.25) is 0 Å². The number of fused-ring (bicyclic) bond motifs is 1. The van der Waals surface area contributed by atoms with Crippen LogP contribution in [0.1, 0.15) is 6.92 Å². The van der Waals surface area contributed by atoms with Crippen LogP contribution in [0.3, 0.4) is 0 Å². The first-order chi connectivity index (χ1) is 14.7. The molecule has 0 radical (unpaired) electrons. The molecule has 9 heteroatoms. The molecular formula is C21H16FN7S. The van der Waals surface area contributed by atoms with E-state index in [1.807, 2.05) is 47.9 Å². The minimum absolute atomic E-state index is 0.350. The molecule has 148 valence electrons. The van der Waals surface area contributed by atoms with Gasteiger partial charge in [-0.15, -0.1) is 20.4 Å². The van der Waals surface area contributed by atoms with E-state index in [4.69, 9.17) is 0 Å². The Morgan fingerprint density at radius 1 is 0.833 bits per heavy atom. The maximum atomic E-state index is 14.3. The number of benzene rings is 2. The monoisotopic (exact) mass is 417 g/mol. The molecule has 0 unspecified atom stereocenters. The maximum Gasteiger partial charge on any atom is 0.197 e. The lowest BCUT2D eigenvalue weighted by Crippen LogP contribution is -2.01. The molecule has 3 aromatic heterocycles. The second kappa shape index (κ2) is 7.68. The van der Waals surface area contributed by atoms with Gasteiger partial charge in [-0.05, 0) is 43.0 Å². The molecule has 3 heterocycles. The summed E-state index contributed by atoms with van der Waals surface area (Å²) >= 11 is 1.39. The van der Waals surface area contributed by atoms with E-state index in [9.17, 15) is 4.39 Å². The SMILES string of the molecule is CCn1c(Sc2ccc3nnc(-c4ccccc4F)n3n2)nnc1-c1ccccc1. The van der Waals surface area contributed by atoms with Gasteiger partial charge in [0.25, 0.3) is 0 Å². The lowest BCUT2D eigenvalue weighted by atomic mass is 10.2. The highest BCUT2D eigenvalue weighted by Gasteiger charge is 2.17. The molecule has 5 aromatic rings. The van der Waals surface area contributed by atoms with Gasteiger partial charge in [0.2, 0.25) is 0 Å². The highest BCUT2D eigenvalue weighted by Crippen LogP contribution is 2.29. The lowest BCUT2D eigenvalue weighted by molar-refractivity contribution is 0.628. The highest BCUT2D eigenvalue weighted by molar-refractivity contribution is 7.99. The average molecular weight is 417 g/mol. The van der Waals surface area contributed by atoms with Crippen molar-refractivity contribution in [1.82, 2.24) is 34.6 Å². The Morgan fingerprint density at radius 2 is 1.60 bits per heavy atom. The van der Waals surface area contributed by atoms with Gasteiger partial charge in [-0.25, -0.2) is 4.39 Å². The van der Waals surface area contributed by atoms with E-state index in [0.717, 1.165) is 23.1 Å². The van der Waals surface area contributed by atoms with Gasteiger partial charge >= 0.3 is 0 Å². The molecule has 0 bridgehead atoms. The summed E-state index contributed by atoms with van der Waals surface area (Å²) in [5, 5.41) is 23.0. The van der Waals surface area contributed by atoms with Crippen molar-refractivity contribution in [3.8, 4) is 22.8 Å². The van der Waals surface area contributed by atoms with Crippen molar-refractivity contribution in [3.05, 3.63) is 72.5 Å². The van der Waals surface area contributed by atoms with Crippen molar-refractivity contribution in [2.24, 2.45) is 0 Å². The third-order valence-electron chi connectivity index (χ3n) is 4.61. The van der Waals surface area contributed by atoms with E-state index in [1.165, 1.54) is 17.8 Å². The largest absolute Gasteiger partial charge is 0.302 e. The van der Waals surface area contributed by atoms with Crippen LogP contribution in [-0.4, -0.2) is 34.6 Å². The summed E-state index contributed by atoms with van der Waals surface area (Å²) < 4.78 is 17.8. The van der Waals surface area contributed by atoms with E-state index in [1.54, 1.807) is 28.8 Å². The van der Waals surface area contributed by atoms with E-state index in [0.29, 0.717) is 22.1 Å². The van der Waals surface area contributed by atoms with Crippen molar-refractivity contribution in [3.63, 3.8) is 0 Å². The zero-order valence-electron chi connectivity index (χ0n) is 16.0. The van der Waals surface area contributed by atoms with Crippen molar-refractivity contribution >= 4 is 17.4 Å². The van der Waals surface area contributed by atoms with Crippen LogP contribution in [-0.2, 0) is 6.54 Å². The molecule has 30 heavy (non-hydrogen) atoms. The zero-order valence-corrected chi connectivity index (χ0v) is 16.8. The predicted molar refractivity (Wildman–Crippen MR) is 111 cm³/mol. The van der Waals surface area contributed by atoms with Gasteiger partial charge in [0.1, 0.15) is 10.8 Å². The molecule has 0 atom stereocenters. The first-order valence-corrected chi connectivity index (χ1v) is 10.2. The number of hydrogen-bond donors (Lipinski definition) is 0. The molecule has 0 aliphatic carbocycles. The standard InChI is InChI=1S/C21H16FN7S/c1-2-28-19(14-8-4-3-5-9-14)24-26-21(28)30-18-13-12-17-23-25-20(29(17)27-18)15-10-6-7-11-16(15)22/h3-13H,2H2,1H3. The fraction of sp³-hybridized carbons (Fsp3) is 0.0952. The van der Waals surface area contributed by atoms with Gasteiger partial charge < -0.3 is 4.57 Å². The third-order valence-corrected chi connectivity index (χ3v) is 5.53. The minimum atomic E-state index is -0.370. The zero-order chi connectivity index (χ0) is 20.5. The third kappa shape index (κ3) is 3.22. The van der Waals surface area contributed by atoms with E-state index in [2.05, 4.69) is 25.5 Å². The molecule has 0 spiro atoms. The maximum absolute atomic E-state index is 14.3. The topological polar surface area (TPSA) is 73.8 Å². The summed E-state index contributed by atoms with van der Waals surface area (Å²) in [6, 6.07) is 20.0. The number of nitrogens with zero attached hydrogens (tertiary/aromatic N) is 7. The molecule has 0 saturated carbocycles. The van der Waals surface area contributed by atoms with E-state index >= 15 is 0 Å². The van der Waals surface area contributed by atoms with Crippen LogP contribution in [0.2, 0.25) is 0 Å². The van der Waals surface area contributed by atoms with Crippen LogP contribution in [0.25, 0.3) is 28.4 Å². The van der Waals surface area contributed by atoms with Crippen LogP contribution in [0.4, 0.5) is 4.39 Å². The number of rotatable bonds is 5. The smallest absolute Gasteiger partial charge is 0.197 e. The van der Waals surface area contributed by atoms with Gasteiger partial charge in [-0.2, -0.15) is 9.61 Å². The van der Waals surface area contributed by atoms with Gasteiger partial charge in [0, 0.05) is 12.1 Å². The Bertz CT molecular complexity index is 1330. The van der Waals surface area contributed by atoms with Crippen LogP contribution in [0, 0.1) is 5.82 Å². The normalized spacial score (nSPS) is 11.3.